The molecule has 0 radical (unpaired) electrons. The van der Waals surface area contributed by atoms with Gasteiger partial charge in [0.05, 0.1) is 6.26 Å². The number of nitro groups is 1. The number of furan rings is 1. The zero-order valence-corrected chi connectivity index (χ0v) is 11.4. The van der Waals surface area contributed by atoms with Gasteiger partial charge in [-0.15, -0.1) is 0 Å². The minimum absolute atomic E-state index is 0.0257. The Morgan fingerprint density at radius 2 is 2.23 bits per heavy atom. The highest BCUT2D eigenvalue weighted by molar-refractivity contribution is 5.45. The summed E-state index contributed by atoms with van der Waals surface area (Å²) in [7, 11) is 0. The predicted molar refractivity (Wildman–Crippen MR) is 71.9 cm³/mol. The highest BCUT2D eigenvalue weighted by Crippen LogP contribution is 2.28. The van der Waals surface area contributed by atoms with Crippen molar-refractivity contribution in [1.82, 2.24) is 15.1 Å². The van der Waals surface area contributed by atoms with Crippen LogP contribution in [0.3, 0.4) is 0 Å². The van der Waals surface area contributed by atoms with Crippen LogP contribution < -0.4 is 4.74 Å². The predicted octanol–water partition coefficient (Wildman–Crippen LogP) is 2.77. The molecule has 0 unspecified atom stereocenters. The van der Waals surface area contributed by atoms with Crippen molar-refractivity contribution in [3.63, 3.8) is 0 Å². The van der Waals surface area contributed by atoms with Crippen LogP contribution in [0.15, 0.2) is 45.7 Å². The fraction of sp³-hybridized carbons (Fsp3) is 0.154. The number of hydrogen-bond donors (Lipinski definition) is 0. The molecule has 3 heterocycles. The molecule has 0 bridgehead atoms. The lowest BCUT2D eigenvalue weighted by molar-refractivity contribution is -0.390. The van der Waals surface area contributed by atoms with Crippen molar-refractivity contribution in [3.05, 3.63) is 52.7 Å². The van der Waals surface area contributed by atoms with E-state index in [0.717, 1.165) is 0 Å². The molecule has 0 aliphatic rings. The Morgan fingerprint density at radius 1 is 1.36 bits per heavy atom. The maximum Gasteiger partial charge on any atom is 0.406 e. The van der Waals surface area contributed by atoms with E-state index in [4.69, 9.17) is 13.7 Å². The second-order valence-electron chi connectivity index (χ2n) is 4.28. The molecule has 0 aliphatic carbocycles. The van der Waals surface area contributed by atoms with Crippen LogP contribution in [0.4, 0.5) is 5.82 Å². The molecule has 0 amide bonds. The highest BCUT2D eigenvalue weighted by Gasteiger charge is 2.22. The van der Waals surface area contributed by atoms with Gasteiger partial charge in [-0.05, 0) is 41.1 Å². The molecule has 0 aromatic carbocycles. The molecule has 112 valence electrons. The average Bonchev–Trinajstić information content (AvgIpc) is 3.18. The smallest absolute Gasteiger partial charge is 0.406 e. The van der Waals surface area contributed by atoms with Gasteiger partial charge in [0.15, 0.2) is 11.9 Å². The Labute approximate surface area is 123 Å². The fourth-order valence-electron chi connectivity index (χ4n) is 1.76. The van der Waals surface area contributed by atoms with Gasteiger partial charge in [0.1, 0.15) is 6.20 Å². The van der Waals surface area contributed by atoms with Crippen molar-refractivity contribution in [2.45, 2.75) is 13.0 Å². The Bertz CT molecular complexity index is 783. The van der Waals surface area contributed by atoms with Gasteiger partial charge in [-0.25, -0.2) is 0 Å². The normalized spacial score (nSPS) is 12.0. The third-order valence-corrected chi connectivity index (χ3v) is 2.76. The lowest BCUT2D eigenvalue weighted by Crippen LogP contribution is -2.06. The number of rotatable bonds is 5. The number of hydrogen-bond acceptors (Lipinski definition) is 8. The molecular weight excluding hydrogens is 292 g/mol. The van der Waals surface area contributed by atoms with E-state index in [9.17, 15) is 10.1 Å². The first-order chi connectivity index (χ1) is 10.6. The van der Waals surface area contributed by atoms with Crippen molar-refractivity contribution in [2.75, 3.05) is 0 Å². The largest absolute Gasteiger partial charge is 0.473 e. The molecule has 9 heteroatoms. The third-order valence-electron chi connectivity index (χ3n) is 2.76. The van der Waals surface area contributed by atoms with Crippen LogP contribution in [0, 0.1) is 10.1 Å². The van der Waals surface area contributed by atoms with Gasteiger partial charge >= 0.3 is 5.82 Å². The van der Waals surface area contributed by atoms with Gasteiger partial charge in [0.25, 0.3) is 5.89 Å². The Morgan fingerprint density at radius 3 is 2.95 bits per heavy atom. The zero-order chi connectivity index (χ0) is 15.5. The van der Waals surface area contributed by atoms with Gasteiger partial charge in [0, 0.05) is 0 Å². The summed E-state index contributed by atoms with van der Waals surface area (Å²) in [4.78, 5) is 18.1. The average molecular weight is 302 g/mol. The van der Waals surface area contributed by atoms with E-state index in [1.807, 2.05) is 0 Å². The molecule has 3 aromatic heterocycles. The van der Waals surface area contributed by atoms with Crippen LogP contribution >= 0.6 is 0 Å². The Hall–Kier alpha value is -3.23. The number of ether oxygens (including phenoxy) is 1. The fourth-order valence-corrected chi connectivity index (χ4v) is 1.76. The molecule has 0 fully saturated rings. The summed E-state index contributed by atoms with van der Waals surface area (Å²) in [5.41, 5.74) is 0. The number of nitrogens with zero attached hydrogens (tertiary/aromatic N) is 4. The molecule has 0 saturated heterocycles. The van der Waals surface area contributed by atoms with Gasteiger partial charge < -0.3 is 23.8 Å². The molecule has 9 nitrogen and oxygen atoms in total. The van der Waals surface area contributed by atoms with E-state index in [2.05, 4.69) is 15.1 Å². The summed E-state index contributed by atoms with van der Waals surface area (Å²) in [6, 6.07) is 6.37. The van der Waals surface area contributed by atoms with Crippen LogP contribution in [0.1, 0.15) is 18.9 Å². The lowest BCUT2D eigenvalue weighted by atomic mass is 10.3. The van der Waals surface area contributed by atoms with Crippen LogP contribution in [0.25, 0.3) is 11.6 Å². The molecule has 3 rings (SSSR count). The molecule has 1 atom stereocenters. The third kappa shape index (κ3) is 2.64. The van der Waals surface area contributed by atoms with E-state index in [1.165, 1.54) is 24.6 Å². The summed E-state index contributed by atoms with van der Waals surface area (Å²) in [6.45, 7) is 1.64. The standard InChI is InChI=1S/C13H10N4O5/c1-8(21-10-4-2-6-14-12(10)17(18)19)13-15-11(16-22-13)9-5-3-7-20-9/h2-8H,1H3/t8-/m0/s1. The highest BCUT2D eigenvalue weighted by atomic mass is 16.6. The second kappa shape index (κ2) is 5.64. The van der Waals surface area contributed by atoms with E-state index >= 15 is 0 Å². The molecule has 3 aromatic rings. The molecular formula is C13H10N4O5. The summed E-state index contributed by atoms with van der Waals surface area (Å²) < 4.78 is 15.7. The maximum absolute atomic E-state index is 10.9. The summed E-state index contributed by atoms with van der Waals surface area (Å²) in [5.74, 6) is 0.549. The van der Waals surface area contributed by atoms with Crippen molar-refractivity contribution in [1.29, 1.82) is 0 Å². The molecule has 0 spiro atoms. The summed E-state index contributed by atoms with van der Waals surface area (Å²) >= 11 is 0. The van der Waals surface area contributed by atoms with E-state index < -0.39 is 11.0 Å². The second-order valence-corrected chi connectivity index (χ2v) is 4.28. The summed E-state index contributed by atoms with van der Waals surface area (Å²) in [6.07, 6.45) is 2.13. The van der Waals surface area contributed by atoms with Crippen molar-refractivity contribution >= 4 is 5.82 Å². The monoisotopic (exact) mass is 302 g/mol. The topological polar surface area (TPSA) is 117 Å². The van der Waals surface area contributed by atoms with Gasteiger partial charge in [-0.3, -0.25) is 0 Å². The van der Waals surface area contributed by atoms with Crippen LogP contribution in [0.5, 0.6) is 5.75 Å². The lowest BCUT2D eigenvalue weighted by Gasteiger charge is -2.09. The minimum Gasteiger partial charge on any atom is -0.473 e. The Kier molecular flexibility index (Phi) is 3.52. The van der Waals surface area contributed by atoms with Crippen LogP contribution in [-0.2, 0) is 0 Å². The molecule has 22 heavy (non-hydrogen) atoms. The zero-order valence-electron chi connectivity index (χ0n) is 11.4. The first-order valence-corrected chi connectivity index (χ1v) is 6.28. The quantitative estimate of drug-likeness (QED) is 0.521. The van der Waals surface area contributed by atoms with E-state index in [0.29, 0.717) is 5.76 Å². The molecule has 0 saturated carbocycles. The van der Waals surface area contributed by atoms with Gasteiger partial charge in [-0.2, -0.15) is 4.98 Å². The first kappa shape index (κ1) is 13.7. The molecule has 0 N–H and O–H groups in total. The van der Waals surface area contributed by atoms with Gasteiger partial charge in [0.2, 0.25) is 11.6 Å². The minimum atomic E-state index is -0.681. The van der Waals surface area contributed by atoms with Gasteiger partial charge in [-0.1, -0.05) is 5.16 Å². The first-order valence-electron chi connectivity index (χ1n) is 6.28. The number of pyridine rings is 1. The Balaban J connectivity index is 1.81. The van der Waals surface area contributed by atoms with Crippen molar-refractivity contribution < 1.29 is 18.6 Å². The number of aromatic nitrogens is 3. The van der Waals surface area contributed by atoms with Crippen molar-refractivity contribution in [2.24, 2.45) is 0 Å². The maximum atomic E-state index is 10.9. The van der Waals surface area contributed by atoms with Crippen LogP contribution in [-0.4, -0.2) is 20.0 Å². The summed E-state index contributed by atoms with van der Waals surface area (Å²) in [5, 5.41) is 14.7. The van der Waals surface area contributed by atoms with E-state index in [1.54, 1.807) is 19.1 Å². The SMILES string of the molecule is C[C@H](Oc1cccnc1[N+](=O)[O-])c1nc(-c2ccco2)no1. The van der Waals surface area contributed by atoms with Crippen LogP contribution in [0.2, 0.25) is 0 Å². The van der Waals surface area contributed by atoms with Crippen molar-refractivity contribution in [3.8, 4) is 17.3 Å². The molecule has 0 aliphatic heterocycles. The van der Waals surface area contributed by atoms with E-state index in [-0.39, 0.29) is 23.3 Å².